The van der Waals surface area contributed by atoms with Gasteiger partial charge in [0, 0.05) is 6.04 Å². The normalized spacial score (nSPS) is 22.0. The van der Waals surface area contributed by atoms with E-state index in [4.69, 9.17) is 0 Å². The molecule has 1 saturated heterocycles. The largest absolute Gasteiger partial charge is 0.352 e. The van der Waals surface area contributed by atoms with Crippen molar-refractivity contribution in [1.82, 2.24) is 10.2 Å². The van der Waals surface area contributed by atoms with Crippen molar-refractivity contribution in [3.8, 4) is 0 Å². The summed E-state index contributed by atoms with van der Waals surface area (Å²) < 4.78 is 0. The molecule has 1 aliphatic carbocycles. The Hall–Kier alpha value is -1.35. The molecule has 0 unspecified atom stereocenters. The van der Waals surface area contributed by atoms with E-state index < -0.39 is 0 Å². The summed E-state index contributed by atoms with van der Waals surface area (Å²) in [6, 6.07) is 11.3. The minimum absolute atomic E-state index is 0.0308. The molecule has 3 heteroatoms. The highest BCUT2D eigenvalue weighted by Crippen LogP contribution is 2.24. The first-order chi connectivity index (χ1) is 10.2. The van der Waals surface area contributed by atoms with E-state index >= 15 is 0 Å². The Labute approximate surface area is 127 Å². The van der Waals surface area contributed by atoms with Crippen molar-refractivity contribution in [2.45, 2.75) is 51.1 Å². The molecule has 1 saturated carbocycles. The third-order valence-electron chi connectivity index (χ3n) is 4.87. The highest BCUT2D eigenvalue weighted by atomic mass is 16.2. The van der Waals surface area contributed by atoms with E-state index in [1.807, 2.05) is 0 Å². The summed E-state index contributed by atoms with van der Waals surface area (Å²) in [7, 11) is 0. The Bertz CT molecular complexity index is 461. The van der Waals surface area contributed by atoms with E-state index in [9.17, 15) is 4.79 Å². The first-order valence-electron chi connectivity index (χ1n) is 8.30. The molecular formula is C18H26N2O. The van der Waals surface area contributed by atoms with Gasteiger partial charge in [-0.2, -0.15) is 0 Å². The summed E-state index contributed by atoms with van der Waals surface area (Å²) >= 11 is 0. The second kappa shape index (κ2) is 6.61. The monoisotopic (exact) mass is 286 g/mol. The number of nitrogens with zero attached hydrogens (tertiary/aromatic N) is 1. The van der Waals surface area contributed by atoms with Crippen LogP contribution in [0.25, 0.3) is 0 Å². The average molecular weight is 286 g/mol. The minimum Gasteiger partial charge on any atom is -0.352 e. The van der Waals surface area contributed by atoms with Crippen molar-refractivity contribution in [2.75, 3.05) is 13.1 Å². The van der Waals surface area contributed by atoms with Crippen LogP contribution in [0.2, 0.25) is 0 Å². The number of amides is 1. The molecule has 1 aromatic rings. The first-order valence-corrected chi connectivity index (χ1v) is 8.30. The first kappa shape index (κ1) is 14.6. The predicted octanol–water partition coefficient (Wildman–Crippen LogP) is 2.61. The van der Waals surface area contributed by atoms with Gasteiger partial charge >= 0.3 is 0 Å². The van der Waals surface area contributed by atoms with Gasteiger partial charge in [0.05, 0.1) is 6.04 Å². The van der Waals surface area contributed by atoms with E-state index in [2.05, 4.69) is 47.5 Å². The van der Waals surface area contributed by atoms with Crippen LogP contribution in [-0.4, -0.2) is 36.0 Å². The number of nitrogens with one attached hydrogen (secondary N) is 1. The maximum Gasteiger partial charge on any atom is 0.237 e. The van der Waals surface area contributed by atoms with Gasteiger partial charge in [-0.15, -0.1) is 0 Å². The third kappa shape index (κ3) is 4.07. The molecule has 1 aliphatic heterocycles. The van der Waals surface area contributed by atoms with Crippen molar-refractivity contribution >= 4 is 5.91 Å². The topological polar surface area (TPSA) is 32.3 Å². The van der Waals surface area contributed by atoms with Crippen molar-refractivity contribution < 1.29 is 4.79 Å². The van der Waals surface area contributed by atoms with Crippen LogP contribution in [0, 0.1) is 5.92 Å². The molecule has 1 aromatic carbocycles. The van der Waals surface area contributed by atoms with Gasteiger partial charge in [-0.1, -0.05) is 30.3 Å². The Morgan fingerprint density at radius 1 is 1.19 bits per heavy atom. The van der Waals surface area contributed by atoms with Crippen molar-refractivity contribution in [3.63, 3.8) is 0 Å². The fourth-order valence-corrected chi connectivity index (χ4v) is 3.21. The maximum atomic E-state index is 12.1. The second-order valence-corrected chi connectivity index (χ2v) is 6.63. The third-order valence-corrected chi connectivity index (χ3v) is 4.87. The molecule has 21 heavy (non-hydrogen) atoms. The lowest BCUT2D eigenvalue weighted by Crippen LogP contribution is -2.48. The van der Waals surface area contributed by atoms with Crippen molar-refractivity contribution in [1.29, 1.82) is 0 Å². The molecular weight excluding hydrogens is 260 g/mol. The molecule has 0 spiro atoms. The lowest BCUT2D eigenvalue weighted by molar-refractivity contribution is -0.126. The summed E-state index contributed by atoms with van der Waals surface area (Å²) in [6.45, 7) is 4.16. The summed E-state index contributed by atoms with van der Waals surface area (Å²) in [5, 5.41) is 3.12. The smallest absolute Gasteiger partial charge is 0.237 e. The highest BCUT2D eigenvalue weighted by molar-refractivity contribution is 5.81. The van der Waals surface area contributed by atoms with Gasteiger partial charge in [0.25, 0.3) is 0 Å². The lowest BCUT2D eigenvalue weighted by Gasteiger charge is -2.35. The summed E-state index contributed by atoms with van der Waals surface area (Å²) in [5.41, 5.74) is 1.44. The number of hydrogen-bond donors (Lipinski definition) is 1. The van der Waals surface area contributed by atoms with Crippen LogP contribution in [0.3, 0.4) is 0 Å². The molecule has 2 fully saturated rings. The van der Waals surface area contributed by atoms with E-state index in [0.29, 0.717) is 6.04 Å². The SMILES string of the molecule is C[C@H](C(=O)NC1CC1)N1CCC(Cc2ccccc2)CC1. The molecule has 1 N–H and O–H groups in total. The molecule has 1 amide bonds. The van der Waals surface area contributed by atoms with Crippen LogP contribution in [-0.2, 0) is 11.2 Å². The molecule has 1 heterocycles. The van der Waals surface area contributed by atoms with E-state index in [0.717, 1.165) is 31.8 Å². The molecule has 3 rings (SSSR count). The number of likely N-dealkylation sites (tertiary alicyclic amines) is 1. The minimum atomic E-state index is 0.0308. The van der Waals surface area contributed by atoms with Crippen LogP contribution >= 0.6 is 0 Å². The Kier molecular flexibility index (Phi) is 4.59. The van der Waals surface area contributed by atoms with E-state index in [-0.39, 0.29) is 11.9 Å². The lowest BCUT2D eigenvalue weighted by atomic mass is 9.89. The van der Waals surface area contributed by atoms with Gasteiger partial charge < -0.3 is 5.32 Å². The van der Waals surface area contributed by atoms with Crippen molar-refractivity contribution in [3.05, 3.63) is 35.9 Å². The summed E-state index contributed by atoms with van der Waals surface area (Å²) in [4.78, 5) is 14.5. The molecule has 114 valence electrons. The Morgan fingerprint density at radius 3 is 2.48 bits per heavy atom. The number of carbonyl (C=O) groups is 1. The Morgan fingerprint density at radius 2 is 1.86 bits per heavy atom. The molecule has 0 aromatic heterocycles. The van der Waals surface area contributed by atoms with Gasteiger partial charge in [0.15, 0.2) is 0 Å². The summed E-state index contributed by atoms with van der Waals surface area (Å²) in [6.07, 6.45) is 5.92. The van der Waals surface area contributed by atoms with Crippen LogP contribution in [0.15, 0.2) is 30.3 Å². The highest BCUT2D eigenvalue weighted by Gasteiger charge is 2.30. The van der Waals surface area contributed by atoms with Gasteiger partial charge in [0.1, 0.15) is 0 Å². The summed E-state index contributed by atoms with van der Waals surface area (Å²) in [5.74, 6) is 0.987. The number of rotatable bonds is 5. The predicted molar refractivity (Wildman–Crippen MR) is 85.1 cm³/mol. The zero-order valence-corrected chi connectivity index (χ0v) is 12.9. The average Bonchev–Trinajstić information content (AvgIpc) is 3.32. The van der Waals surface area contributed by atoms with E-state index in [1.54, 1.807) is 0 Å². The second-order valence-electron chi connectivity index (χ2n) is 6.63. The number of benzene rings is 1. The van der Waals surface area contributed by atoms with E-state index in [1.165, 1.54) is 24.8 Å². The van der Waals surface area contributed by atoms with Gasteiger partial charge in [-0.3, -0.25) is 9.69 Å². The zero-order valence-electron chi connectivity index (χ0n) is 12.9. The zero-order chi connectivity index (χ0) is 14.7. The fourth-order valence-electron chi connectivity index (χ4n) is 3.21. The number of hydrogen-bond acceptors (Lipinski definition) is 2. The maximum absolute atomic E-state index is 12.1. The van der Waals surface area contributed by atoms with Crippen molar-refractivity contribution in [2.24, 2.45) is 5.92 Å². The van der Waals surface area contributed by atoms with Crippen LogP contribution < -0.4 is 5.32 Å². The van der Waals surface area contributed by atoms with Gasteiger partial charge in [-0.05, 0) is 63.6 Å². The standard InChI is InChI=1S/C18H26N2O/c1-14(18(21)19-17-7-8-17)20-11-9-16(10-12-20)13-15-5-3-2-4-6-15/h2-6,14,16-17H,7-13H2,1H3,(H,19,21)/t14-/m1/s1. The molecule has 3 nitrogen and oxygen atoms in total. The van der Waals surface area contributed by atoms with Gasteiger partial charge in [0.2, 0.25) is 5.91 Å². The molecule has 1 atom stereocenters. The molecule has 0 bridgehead atoms. The van der Waals surface area contributed by atoms with Crippen LogP contribution in [0.4, 0.5) is 0 Å². The number of piperidine rings is 1. The van der Waals surface area contributed by atoms with Crippen LogP contribution in [0.1, 0.15) is 38.2 Å². The number of carbonyl (C=O) groups excluding carboxylic acids is 1. The van der Waals surface area contributed by atoms with Gasteiger partial charge in [-0.25, -0.2) is 0 Å². The van der Waals surface area contributed by atoms with Crippen LogP contribution in [0.5, 0.6) is 0 Å². The fraction of sp³-hybridized carbons (Fsp3) is 0.611. The quantitative estimate of drug-likeness (QED) is 0.902. The molecule has 0 radical (unpaired) electrons. The molecule has 2 aliphatic rings. The Balaban J connectivity index is 1.44.